The van der Waals surface area contributed by atoms with E-state index < -0.39 is 5.92 Å². The highest BCUT2D eigenvalue weighted by Gasteiger charge is 2.41. The Bertz CT molecular complexity index is 922. The van der Waals surface area contributed by atoms with Crippen LogP contribution in [-0.4, -0.2) is 20.0 Å². The van der Waals surface area contributed by atoms with Crippen LogP contribution in [0, 0.1) is 16.7 Å². The van der Waals surface area contributed by atoms with Gasteiger partial charge in [0.25, 0.3) is 0 Å². The molecule has 0 bridgehead atoms. The van der Waals surface area contributed by atoms with Gasteiger partial charge in [0.05, 0.1) is 36.8 Å². The number of rotatable bonds is 3. The van der Waals surface area contributed by atoms with Crippen LogP contribution in [-0.2, 0) is 4.79 Å². The van der Waals surface area contributed by atoms with Gasteiger partial charge >= 0.3 is 0 Å². The monoisotopic (exact) mass is 386 g/mol. The van der Waals surface area contributed by atoms with Crippen LogP contribution in [0.15, 0.2) is 34.7 Å². The van der Waals surface area contributed by atoms with Crippen molar-refractivity contribution in [3.63, 3.8) is 0 Å². The quantitative estimate of drug-likeness (QED) is 0.828. The van der Waals surface area contributed by atoms with Crippen LogP contribution in [0.4, 0.5) is 0 Å². The Balaban J connectivity index is 2.23. The molecule has 0 radical (unpaired) electrons. The molecule has 1 heterocycles. The highest BCUT2D eigenvalue weighted by molar-refractivity contribution is 6.32. The first kappa shape index (κ1) is 19.3. The fraction of sp³-hybridized carbons (Fsp3) is 0.429. The standard InChI is InChI=1S/C21H23ClN2O3/c1-11-13(10-23)18(12-6-14(22)20(27-5)17(7-12)26-4)19-15(24-11)8-21(2,3)9-16(19)25/h6-7,18,24H,8-9H2,1-5H3/t18-/m0/s1. The Morgan fingerprint density at radius 3 is 2.56 bits per heavy atom. The van der Waals surface area contributed by atoms with E-state index in [0.29, 0.717) is 34.1 Å². The van der Waals surface area contributed by atoms with Crippen LogP contribution >= 0.6 is 11.6 Å². The van der Waals surface area contributed by atoms with E-state index in [1.807, 2.05) is 6.92 Å². The first-order valence-corrected chi connectivity index (χ1v) is 9.15. The number of carbonyl (C=O) groups excluding carboxylic acids is 1. The number of nitriles is 1. The smallest absolute Gasteiger partial charge is 0.179 e. The summed E-state index contributed by atoms with van der Waals surface area (Å²) in [6.07, 6.45) is 1.20. The topological polar surface area (TPSA) is 71.3 Å². The maximum absolute atomic E-state index is 13.0. The molecule has 5 nitrogen and oxygen atoms in total. The molecule has 0 spiro atoms. The number of allylic oxidation sites excluding steroid dienone is 4. The number of hydrogen-bond acceptors (Lipinski definition) is 5. The van der Waals surface area contributed by atoms with Crippen LogP contribution < -0.4 is 14.8 Å². The Morgan fingerprint density at radius 1 is 1.26 bits per heavy atom. The van der Waals surface area contributed by atoms with Gasteiger partial charge in [-0.15, -0.1) is 0 Å². The summed E-state index contributed by atoms with van der Waals surface area (Å²) in [5, 5.41) is 13.5. The maximum atomic E-state index is 13.0. The van der Waals surface area contributed by atoms with E-state index in [0.717, 1.165) is 23.4 Å². The lowest BCUT2D eigenvalue weighted by Crippen LogP contribution is -2.36. The molecule has 0 unspecified atom stereocenters. The van der Waals surface area contributed by atoms with E-state index in [-0.39, 0.29) is 11.2 Å². The van der Waals surface area contributed by atoms with Gasteiger partial charge in [-0.3, -0.25) is 4.79 Å². The molecule has 0 saturated heterocycles. The molecule has 1 aliphatic carbocycles. The summed E-state index contributed by atoms with van der Waals surface area (Å²) in [6.45, 7) is 6.03. The molecular formula is C21H23ClN2O3. The normalized spacial score (nSPS) is 21.4. The molecule has 0 amide bonds. The van der Waals surface area contributed by atoms with E-state index in [1.54, 1.807) is 12.1 Å². The van der Waals surface area contributed by atoms with Crippen molar-refractivity contribution in [1.82, 2.24) is 5.32 Å². The molecule has 6 heteroatoms. The summed E-state index contributed by atoms with van der Waals surface area (Å²) in [5.41, 5.74) is 3.45. The first-order valence-electron chi connectivity index (χ1n) is 8.78. The fourth-order valence-electron chi connectivity index (χ4n) is 4.02. The van der Waals surface area contributed by atoms with Crippen molar-refractivity contribution in [2.24, 2.45) is 5.41 Å². The Hall–Kier alpha value is -2.45. The molecule has 1 aromatic rings. The third-order valence-corrected chi connectivity index (χ3v) is 5.43. The third-order valence-electron chi connectivity index (χ3n) is 5.15. The molecule has 0 aromatic heterocycles. The van der Waals surface area contributed by atoms with Crippen molar-refractivity contribution in [3.8, 4) is 17.6 Å². The molecule has 142 valence electrons. The molecular weight excluding hydrogens is 364 g/mol. The van der Waals surface area contributed by atoms with Crippen LogP contribution in [0.3, 0.4) is 0 Å². The molecule has 2 aliphatic rings. The van der Waals surface area contributed by atoms with E-state index in [4.69, 9.17) is 21.1 Å². The number of nitrogens with one attached hydrogen (secondary N) is 1. The lowest BCUT2D eigenvalue weighted by Gasteiger charge is -2.38. The van der Waals surface area contributed by atoms with Gasteiger partial charge in [-0.25, -0.2) is 0 Å². The fourth-order valence-corrected chi connectivity index (χ4v) is 4.32. The minimum absolute atomic E-state index is 0.0601. The number of Topliss-reactive ketones (excluding diaryl/α,β-unsaturated/α-hetero) is 1. The van der Waals surface area contributed by atoms with Crippen LogP contribution in [0.25, 0.3) is 0 Å². The van der Waals surface area contributed by atoms with Gasteiger partial charge in [0.15, 0.2) is 17.3 Å². The van der Waals surface area contributed by atoms with E-state index in [1.165, 1.54) is 14.2 Å². The van der Waals surface area contributed by atoms with Crippen molar-refractivity contribution in [2.75, 3.05) is 14.2 Å². The molecule has 1 N–H and O–H groups in total. The summed E-state index contributed by atoms with van der Waals surface area (Å²) in [6, 6.07) is 5.82. The summed E-state index contributed by atoms with van der Waals surface area (Å²) in [7, 11) is 3.05. The van der Waals surface area contributed by atoms with E-state index in [2.05, 4.69) is 25.2 Å². The minimum Gasteiger partial charge on any atom is -0.493 e. The number of benzene rings is 1. The largest absolute Gasteiger partial charge is 0.493 e. The SMILES string of the molecule is COc1cc([C@H]2C(C#N)=C(C)NC3=C2C(=O)CC(C)(C)C3)cc(Cl)c1OC. The average Bonchev–Trinajstić information content (AvgIpc) is 2.58. The van der Waals surface area contributed by atoms with Crippen molar-refractivity contribution in [3.05, 3.63) is 45.3 Å². The average molecular weight is 387 g/mol. The summed E-state index contributed by atoms with van der Waals surface area (Å²) < 4.78 is 10.7. The van der Waals surface area contributed by atoms with E-state index in [9.17, 15) is 10.1 Å². The zero-order valence-electron chi connectivity index (χ0n) is 16.2. The number of ketones is 1. The van der Waals surface area contributed by atoms with Crippen LogP contribution in [0.5, 0.6) is 11.5 Å². The predicted molar refractivity (Wildman–Crippen MR) is 104 cm³/mol. The van der Waals surface area contributed by atoms with E-state index >= 15 is 0 Å². The van der Waals surface area contributed by atoms with Gasteiger partial charge in [-0.2, -0.15) is 5.26 Å². The Labute approximate surface area is 164 Å². The zero-order valence-corrected chi connectivity index (χ0v) is 17.0. The van der Waals surface area contributed by atoms with Crippen LogP contribution in [0.1, 0.15) is 45.1 Å². The number of nitrogens with zero attached hydrogens (tertiary/aromatic N) is 1. The van der Waals surface area contributed by atoms with Crippen molar-refractivity contribution >= 4 is 17.4 Å². The second-order valence-corrected chi connectivity index (χ2v) is 8.19. The predicted octanol–water partition coefficient (Wildman–Crippen LogP) is 4.48. The summed E-state index contributed by atoms with van der Waals surface area (Å²) >= 11 is 6.40. The number of ether oxygens (including phenoxy) is 2. The highest BCUT2D eigenvalue weighted by atomic mass is 35.5. The number of halogens is 1. The zero-order chi connectivity index (χ0) is 19.9. The van der Waals surface area contributed by atoms with Crippen molar-refractivity contribution < 1.29 is 14.3 Å². The van der Waals surface area contributed by atoms with Gasteiger partial charge in [-0.05, 0) is 36.5 Å². The maximum Gasteiger partial charge on any atom is 0.179 e. The number of carbonyl (C=O) groups is 1. The summed E-state index contributed by atoms with van der Waals surface area (Å²) in [4.78, 5) is 13.0. The lowest BCUT2D eigenvalue weighted by molar-refractivity contribution is -0.118. The van der Waals surface area contributed by atoms with Gasteiger partial charge in [0.1, 0.15) is 0 Å². The van der Waals surface area contributed by atoms with Gasteiger partial charge in [-0.1, -0.05) is 25.4 Å². The molecule has 27 heavy (non-hydrogen) atoms. The third kappa shape index (κ3) is 3.30. The van der Waals surface area contributed by atoms with Crippen molar-refractivity contribution in [1.29, 1.82) is 5.26 Å². The molecule has 0 fully saturated rings. The number of dihydropyridines is 1. The molecule has 3 rings (SSSR count). The second-order valence-electron chi connectivity index (χ2n) is 7.78. The molecule has 1 aromatic carbocycles. The molecule has 0 saturated carbocycles. The number of methoxy groups -OCH3 is 2. The minimum atomic E-state index is -0.466. The summed E-state index contributed by atoms with van der Waals surface area (Å²) in [5.74, 6) is 0.498. The second kappa shape index (κ2) is 6.94. The van der Waals surface area contributed by atoms with Crippen LogP contribution in [0.2, 0.25) is 5.02 Å². The highest BCUT2D eigenvalue weighted by Crippen LogP contribution is 2.48. The molecule has 1 aliphatic heterocycles. The van der Waals surface area contributed by atoms with Gasteiger partial charge in [0, 0.05) is 23.4 Å². The first-order chi connectivity index (χ1) is 12.7. The number of hydrogen-bond donors (Lipinski definition) is 1. The lowest BCUT2D eigenvalue weighted by atomic mass is 9.69. The van der Waals surface area contributed by atoms with Crippen molar-refractivity contribution in [2.45, 2.75) is 39.5 Å². The molecule has 1 atom stereocenters. The Kier molecular flexibility index (Phi) is 4.96. The Morgan fingerprint density at radius 2 is 1.96 bits per heavy atom. The van der Waals surface area contributed by atoms with Gasteiger partial charge in [0.2, 0.25) is 0 Å². The van der Waals surface area contributed by atoms with Gasteiger partial charge < -0.3 is 14.8 Å².